The summed E-state index contributed by atoms with van der Waals surface area (Å²) >= 11 is 0. The number of nitrogens with zero attached hydrogens (tertiary/aromatic N) is 1. The Bertz CT molecular complexity index is 1240. The molecule has 0 saturated heterocycles. The Morgan fingerprint density at radius 3 is 2.54 bits per heavy atom. The Labute approximate surface area is 209 Å². The van der Waals surface area contributed by atoms with E-state index in [0.29, 0.717) is 36.0 Å². The normalized spacial score (nSPS) is 43.8. The fraction of sp³-hybridized carbons (Fsp3) is 0.655. The number of carbonyl (C=O) groups excluding carboxylic acids is 1. The van der Waals surface area contributed by atoms with Crippen molar-refractivity contribution >= 4 is 15.9 Å². The zero-order valence-corrected chi connectivity index (χ0v) is 21.7. The molecule has 5 aliphatic carbocycles. The first-order valence-electron chi connectivity index (χ1n) is 13.2. The number of ketones is 1. The number of benzene rings is 1. The van der Waals surface area contributed by atoms with Crippen LogP contribution >= 0.6 is 0 Å². The lowest BCUT2D eigenvalue weighted by molar-refractivity contribution is -0.118. The summed E-state index contributed by atoms with van der Waals surface area (Å²) in [5.74, 6) is 2.84. The van der Waals surface area contributed by atoms with Gasteiger partial charge in [0.2, 0.25) is 0 Å². The molecule has 6 heteroatoms. The molecule has 1 aromatic carbocycles. The number of rotatable bonds is 4. The molecule has 35 heavy (non-hydrogen) atoms. The second-order valence-corrected chi connectivity index (χ2v) is 14.1. The van der Waals surface area contributed by atoms with Crippen molar-refractivity contribution in [3.63, 3.8) is 0 Å². The quantitative estimate of drug-likeness (QED) is 0.521. The molecule has 0 bridgehead atoms. The lowest BCUT2D eigenvalue weighted by Gasteiger charge is -2.60. The molecule has 0 unspecified atom stereocenters. The van der Waals surface area contributed by atoms with Gasteiger partial charge in [0.15, 0.2) is 5.78 Å². The van der Waals surface area contributed by atoms with Crippen LogP contribution in [0.3, 0.4) is 0 Å². The maximum atomic E-state index is 13.0. The minimum absolute atomic E-state index is 0.0605. The van der Waals surface area contributed by atoms with Gasteiger partial charge in [0.1, 0.15) is 0 Å². The van der Waals surface area contributed by atoms with E-state index in [-0.39, 0.29) is 40.0 Å². The highest BCUT2D eigenvalue weighted by Crippen LogP contribution is 2.75. The number of aryl methyl sites for hydroxylation is 1. The van der Waals surface area contributed by atoms with Crippen LogP contribution in [-0.2, 0) is 19.1 Å². The second-order valence-electron chi connectivity index (χ2n) is 12.5. The lowest BCUT2D eigenvalue weighted by atomic mass is 9.44. The van der Waals surface area contributed by atoms with E-state index in [2.05, 4.69) is 19.9 Å². The Balaban J connectivity index is 1.33. The summed E-state index contributed by atoms with van der Waals surface area (Å²) in [6.45, 7) is 6.66. The fourth-order valence-corrected chi connectivity index (χ4v) is 10.1. The molecular formula is C29H35NO4S. The molecule has 4 fully saturated rings. The maximum absolute atomic E-state index is 13.0. The first kappa shape index (κ1) is 23.4. The summed E-state index contributed by atoms with van der Waals surface area (Å²) in [6.07, 6.45) is 7.42. The topological polar surface area (TPSA) is 84.2 Å². The van der Waals surface area contributed by atoms with Gasteiger partial charge < -0.3 is 0 Å². The summed E-state index contributed by atoms with van der Waals surface area (Å²) in [6, 6.07) is 9.42. The van der Waals surface area contributed by atoms with Gasteiger partial charge in [0, 0.05) is 12.3 Å². The van der Waals surface area contributed by atoms with Gasteiger partial charge in [0.05, 0.1) is 23.5 Å². The van der Waals surface area contributed by atoms with Crippen LogP contribution < -0.4 is 0 Å². The van der Waals surface area contributed by atoms with Crippen LogP contribution in [-0.4, -0.2) is 20.8 Å². The molecular weight excluding hydrogens is 458 g/mol. The molecule has 9 atom stereocenters. The van der Waals surface area contributed by atoms with Crippen LogP contribution in [0.1, 0.15) is 57.9 Å². The van der Waals surface area contributed by atoms with Gasteiger partial charge in [0.25, 0.3) is 10.1 Å². The maximum Gasteiger partial charge on any atom is 0.296 e. The summed E-state index contributed by atoms with van der Waals surface area (Å²) in [7, 11) is -3.88. The van der Waals surface area contributed by atoms with Crippen LogP contribution in [0.25, 0.3) is 0 Å². The van der Waals surface area contributed by atoms with E-state index in [1.165, 1.54) is 6.42 Å². The molecule has 0 aromatic heterocycles. The Morgan fingerprint density at radius 2 is 1.83 bits per heavy atom. The molecule has 186 valence electrons. The number of fused-ring (bicyclic) bond motifs is 7. The summed E-state index contributed by atoms with van der Waals surface area (Å²) in [5.41, 5.74) is 2.06. The van der Waals surface area contributed by atoms with Crippen molar-refractivity contribution in [2.75, 3.05) is 6.61 Å². The van der Waals surface area contributed by atoms with Crippen molar-refractivity contribution in [2.45, 2.75) is 64.2 Å². The molecule has 0 N–H and O–H groups in total. The molecule has 5 aliphatic rings. The minimum atomic E-state index is -3.88. The standard InChI is InChI=1S/C29H35NO4S/c1-17-4-6-20(7-5-17)35(32,33)34-16-18-12-23-24(28(2)10-8-19(31)13-25(18)28)9-11-29(3)26(15-30)21-14-22(21)27(23)29/h4-7,13,18,21-24,26-27H,8-12,14,16H2,1-3H3/t18-,21+,22-,23+,24-,26-,27-,28+,29+/m0/s1. The zero-order valence-electron chi connectivity index (χ0n) is 20.9. The van der Waals surface area contributed by atoms with E-state index in [1.807, 2.05) is 13.0 Å². The van der Waals surface area contributed by atoms with Crippen molar-refractivity contribution in [1.29, 1.82) is 5.26 Å². The minimum Gasteiger partial charge on any atom is -0.295 e. The molecule has 0 spiro atoms. The third-order valence-electron chi connectivity index (χ3n) is 10.8. The Hall–Kier alpha value is -1.97. The third kappa shape index (κ3) is 3.41. The summed E-state index contributed by atoms with van der Waals surface area (Å²) < 4.78 is 31.7. The molecule has 6 rings (SSSR count). The van der Waals surface area contributed by atoms with Crippen molar-refractivity contribution in [3.05, 3.63) is 41.5 Å². The highest BCUT2D eigenvalue weighted by atomic mass is 32.2. The van der Waals surface area contributed by atoms with Gasteiger partial charge >= 0.3 is 0 Å². The van der Waals surface area contributed by atoms with Crippen LogP contribution in [0.5, 0.6) is 0 Å². The molecule has 0 heterocycles. The number of hydrogen-bond acceptors (Lipinski definition) is 5. The van der Waals surface area contributed by atoms with Crippen molar-refractivity contribution < 1.29 is 17.4 Å². The van der Waals surface area contributed by atoms with Crippen LogP contribution in [0.15, 0.2) is 40.8 Å². The van der Waals surface area contributed by atoms with E-state index in [0.717, 1.165) is 36.8 Å². The molecule has 1 aromatic rings. The molecule has 0 amide bonds. The van der Waals surface area contributed by atoms with Gasteiger partial charge in [-0.25, -0.2) is 0 Å². The van der Waals surface area contributed by atoms with Gasteiger partial charge in [-0.3, -0.25) is 8.98 Å². The summed E-state index contributed by atoms with van der Waals surface area (Å²) in [5, 5.41) is 10.00. The van der Waals surface area contributed by atoms with Crippen molar-refractivity contribution in [3.8, 4) is 6.07 Å². The van der Waals surface area contributed by atoms with E-state index in [9.17, 15) is 18.5 Å². The van der Waals surface area contributed by atoms with Crippen LogP contribution in [0, 0.1) is 70.5 Å². The Morgan fingerprint density at radius 1 is 1.09 bits per heavy atom. The summed E-state index contributed by atoms with van der Waals surface area (Å²) in [4.78, 5) is 12.7. The van der Waals surface area contributed by atoms with Crippen LogP contribution in [0.4, 0.5) is 0 Å². The SMILES string of the molecule is Cc1ccc(S(=O)(=O)OC[C@@H]2C[C@H]3[C@@H]4[C@H]5C[C@H]5[C@H](C#N)[C@@]4(C)CC[C@@H]3[C@@]3(C)CCC(=O)C=C23)cc1. The van der Waals surface area contributed by atoms with E-state index >= 15 is 0 Å². The van der Waals surface area contributed by atoms with E-state index in [4.69, 9.17) is 4.18 Å². The van der Waals surface area contributed by atoms with Crippen molar-refractivity contribution in [1.82, 2.24) is 0 Å². The highest BCUT2D eigenvalue weighted by molar-refractivity contribution is 7.86. The smallest absolute Gasteiger partial charge is 0.295 e. The first-order chi connectivity index (χ1) is 16.6. The largest absolute Gasteiger partial charge is 0.296 e. The molecule has 0 aliphatic heterocycles. The molecule has 4 saturated carbocycles. The lowest BCUT2D eigenvalue weighted by Crippen LogP contribution is -2.54. The highest BCUT2D eigenvalue weighted by Gasteiger charge is 2.70. The number of carbonyl (C=O) groups is 1. The first-order valence-corrected chi connectivity index (χ1v) is 14.6. The van der Waals surface area contributed by atoms with E-state index < -0.39 is 10.1 Å². The number of hydrogen-bond donors (Lipinski definition) is 0. The van der Waals surface area contributed by atoms with Gasteiger partial charge in [-0.1, -0.05) is 37.1 Å². The Kier molecular flexibility index (Phi) is 5.20. The number of nitriles is 1. The zero-order chi connectivity index (χ0) is 24.8. The fourth-order valence-electron chi connectivity index (χ4n) is 9.10. The predicted octanol–water partition coefficient (Wildman–Crippen LogP) is 5.45. The van der Waals surface area contributed by atoms with Crippen LogP contribution in [0.2, 0.25) is 0 Å². The molecule has 5 nitrogen and oxygen atoms in total. The van der Waals surface area contributed by atoms with Gasteiger partial charge in [-0.05, 0) is 97.7 Å². The van der Waals surface area contributed by atoms with E-state index in [1.54, 1.807) is 24.3 Å². The van der Waals surface area contributed by atoms with Gasteiger partial charge in [-0.15, -0.1) is 0 Å². The third-order valence-corrected chi connectivity index (χ3v) is 12.1. The van der Waals surface area contributed by atoms with Gasteiger partial charge in [-0.2, -0.15) is 13.7 Å². The average Bonchev–Trinajstić information content (AvgIpc) is 3.53. The monoisotopic (exact) mass is 493 g/mol. The molecule has 0 radical (unpaired) electrons. The van der Waals surface area contributed by atoms with Crippen molar-refractivity contribution in [2.24, 2.45) is 52.3 Å². The second kappa shape index (κ2) is 7.76. The average molecular weight is 494 g/mol. The predicted molar refractivity (Wildman–Crippen MR) is 131 cm³/mol.